The van der Waals surface area contributed by atoms with E-state index in [4.69, 9.17) is 4.74 Å². The van der Waals surface area contributed by atoms with Crippen LogP contribution in [0.15, 0.2) is 65.8 Å². The summed E-state index contributed by atoms with van der Waals surface area (Å²) in [5.74, 6) is 1.24. The first-order chi connectivity index (χ1) is 18.7. The van der Waals surface area contributed by atoms with Gasteiger partial charge in [0.1, 0.15) is 5.75 Å². The Bertz CT molecular complexity index is 1480. The molecule has 8 nitrogen and oxygen atoms in total. The zero-order chi connectivity index (χ0) is 27.9. The van der Waals surface area contributed by atoms with Gasteiger partial charge in [0.25, 0.3) is 0 Å². The molecule has 9 heteroatoms. The first kappa shape index (κ1) is 27.9. The van der Waals surface area contributed by atoms with Crippen LogP contribution in [0.3, 0.4) is 0 Å². The monoisotopic (exact) mass is 543 g/mol. The van der Waals surface area contributed by atoms with Crippen LogP contribution in [0.4, 0.5) is 5.69 Å². The summed E-state index contributed by atoms with van der Waals surface area (Å²) in [5, 5.41) is 15.3. The van der Waals surface area contributed by atoms with Crippen molar-refractivity contribution in [2.24, 2.45) is 0 Å². The molecule has 0 unspecified atom stereocenters. The third-order valence-electron chi connectivity index (χ3n) is 6.27. The van der Waals surface area contributed by atoms with Crippen LogP contribution in [-0.2, 0) is 22.6 Å². The molecule has 0 aliphatic rings. The van der Waals surface area contributed by atoms with E-state index in [9.17, 15) is 9.59 Å². The van der Waals surface area contributed by atoms with Gasteiger partial charge in [0, 0.05) is 5.69 Å². The minimum absolute atomic E-state index is 0.126. The first-order valence-corrected chi connectivity index (χ1v) is 13.6. The van der Waals surface area contributed by atoms with Crippen LogP contribution in [0.1, 0.15) is 33.6 Å². The predicted octanol–water partition coefficient (Wildman–Crippen LogP) is 5.10. The number of thioether (sulfide) groups is 1. The highest BCUT2D eigenvalue weighted by molar-refractivity contribution is 7.99. The Kier molecular flexibility index (Phi) is 9.03. The molecule has 39 heavy (non-hydrogen) atoms. The van der Waals surface area contributed by atoms with Gasteiger partial charge in [0.2, 0.25) is 11.8 Å². The second kappa shape index (κ2) is 12.6. The Hall–Kier alpha value is -4.11. The van der Waals surface area contributed by atoms with Gasteiger partial charge in [-0.2, -0.15) is 0 Å². The van der Waals surface area contributed by atoms with Crippen LogP contribution in [0.25, 0.3) is 5.69 Å². The lowest BCUT2D eigenvalue weighted by Gasteiger charge is -2.14. The highest BCUT2D eigenvalue weighted by Gasteiger charge is 2.18. The molecule has 1 heterocycles. The van der Waals surface area contributed by atoms with Gasteiger partial charge in [-0.15, -0.1) is 10.2 Å². The van der Waals surface area contributed by atoms with E-state index in [-0.39, 0.29) is 30.5 Å². The SMILES string of the molecule is COc1ccc(CC(=O)NCc2nnc(SCC(=O)Nc3cc(C)ccc3C)n2-c2cc(C)ccc2C)cc1. The van der Waals surface area contributed by atoms with Crippen LogP contribution in [0, 0.1) is 27.7 Å². The molecule has 0 fully saturated rings. The van der Waals surface area contributed by atoms with Gasteiger partial charge in [-0.3, -0.25) is 14.2 Å². The second-order valence-electron chi connectivity index (χ2n) is 9.48. The number of hydrogen-bond acceptors (Lipinski definition) is 6. The molecular weight excluding hydrogens is 510 g/mol. The molecule has 0 aliphatic heterocycles. The minimum atomic E-state index is -0.127. The van der Waals surface area contributed by atoms with Gasteiger partial charge in [-0.05, 0) is 79.8 Å². The number of aryl methyl sites for hydroxylation is 4. The maximum Gasteiger partial charge on any atom is 0.234 e. The number of rotatable bonds is 10. The summed E-state index contributed by atoms with van der Waals surface area (Å²) >= 11 is 1.31. The fraction of sp³-hybridized carbons (Fsp3) is 0.267. The Balaban J connectivity index is 1.50. The summed E-state index contributed by atoms with van der Waals surface area (Å²) in [5.41, 5.74) is 6.81. The number of hydrogen-bond donors (Lipinski definition) is 2. The molecule has 0 atom stereocenters. The zero-order valence-corrected chi connectivity index (χ0v) is 23.7. The molecule has 202 valence electrons. The first-order valence-electron chi connectivity index (χ1n) is 12.6. The topological polar surface area (TPSA) is 98.1 Å². The largest absolute Gasteiger partial charge is 0.497 e. The average molecular weight is 544 g/mol. The van der Waals surface area contributed by atoms with Crippen molar-refractivity contribution >= 4 is 29.3 Å². The lowest BCUT2D eigenvalue weighted by atomic mass is 10.1. The minimum Gasteiger partial charge on any atom is -0.497 e. The van der Waals surface area contributed by atoms with Gasteiger partial charge < -0.3 is 15.4 Å². The van der Waals surface area contributed by atoms with Crippen molar-refractivity contribution < 1.29 is 14.3 Å². The fourth-order valence-electron chi connectivity index (χ4n) is 4.07. The van der Waals surface area contributed by atoms with Crippen LogP contribution >= 0.6 is 11.8 Å². The van der Waals surface area contributed by atoms with Gasteiger partial charge in [-0.25, -0.2) is 0 Å². The molecule has 4 rings (SSSR count). The lowest BCUT2D eigenvalue weighted by molar-refractivity contribution is -0.120. The smallest absolute Gasteiger partial charge is 0.234 e. The summed E-state index contributed by atoms with van der Waals surface area (Å²) in [4.78, 5) is 25.5. The molecule has 0 radical (unpaired) electrons. The van der Waals surface area contributed by atoms with E-state index in [1.54, 1.807) is 7.11 Å². The van der Waals surface area contributed by atoms with Crippen LogP contribution in [-0.4, -0.2) is 39.4 Å². The normalized spacial score (nSPS) is 10.8. The second-order valence-corrected chi connectivity index (χ2v) is 10.4. The molecule has 2 amide bonds. The predicted molar refractivity (Wildman–Crippen MR) is 155 cm³/mol. The molecule has 0 bridgehead atoms. The number of amides is 2. The standard InChI is InChI=1S/C30H33N5O3S/c1-19-6-8-21(3)25(14-19)32-29(37)18-39-30-34-33-27(35(30)26-15-20(2)7-9-22(26)4)17-31-28(36)16-23-10-12-24(38-5)13-11-23/h6-15H,16-18H2,1-5H3,(H,31,36)(H,32,37). The Morgan fingerprint density at radius 2 is 1.56 bits per heavy atom. The maximum atomic E-state index is 12.8. The quantitative estimate of drug-likeness (QED) is 0.270. The summed E-state index contributed by atoms with van der Waals surface area (Å²) in [6, 6.07) is 19.5. The van der Waals surface area contributed by atoms with Crippen LogP contribution in [0.5, 0.6) is 5.75 Å². The Labute approximate surface area is 233 Å². The van der Waals surface area contributed by atoms with Crippen molar-refractivity contribution in [3.63, 3.8) is 0 Å². The molecule has 1 aromatic heterocycles. The van der Waals surface area contributed by atoms with Crippen molar-refractivity contribution in [1.82, 2.24) is 20.1 Å². The highest BCUT2D eigenvalue weighted by atomic mass is 32.2. The number of methoxy groups -OCH3 is 1. The molecular formula is C30H33N5O3S. The number of nitrogens with zero attached hydrogens (tertiary/aromatic N) is 3. The molecule has 0 spiro atoms. The van der Waals surface area contributed by atoms with Crippen molar-refractivity contribution in [1.29, 1.82) is 0 Å². The maximum absolute atomic E-state index is 12.8. The van der Waals surface area contributed by atoms with E-state index < -0.39 is 0 Å². The number of benzene rings is 3. The van der Waals surface area contributed by atoms with Crippen LogP contribution < -0.4 is 15.4 Å². The third-order valence-corrected chi connectivity index (χ3v) is 7.20. The highest BCUT2D eigenvalue weighted by Crippen LogP contribution is 2.26. The fourth-order valence-corrected chi connectivity index (χ4v) is 4.83. The summed E-state index contributed by atoms with van der Waals surface area (Å²) < 4.78 is 7.11. The Morgan fingerprint density at radius 3 is 2.28 bits per heavy atom. The van der Waals surface area contributed by atoms with E-state index >= 15 is 0 Å². The number of carbonyl (C=O) groups is 2. The van der Waals surface area contributed by atoms with Crippen molar-refractivity contribution in [2.75, 3.05) is 18.2 Å². The molecule has 3 aromatic carbocycles. The number of ether oxygens (including phenoxy) is 1. The van der Waals surface area contributed by atoms with Gasteiger partial charge in [-0.1, -0.05) is 48.2 Å². The molecule has 0 saturated heterocycles. The number of carbonyl (C=O) groups excluding carboxylic acids is 2. The Morgan fingerprint density at radius 1 is 0.872 bits per heavy atom. The summed E-state index contributed by atoms with van der Waals surface area (Å²) in [7, 11) is 1.61. The van der Waals surface area contributed by atoms with E-state index in [1.165, 1.54) is 11.8 Å². The van der Waals surface area contributed by atoms with E-state index in [0.717, 1.165) is 44.9 Å². The molecule has 0 aliphatic carbocycles. The zero-order valence-electron chi connectivity index (χ0n) is 22.9. The van der Waals surface area contributed by atoms with Gasteiger partial charge in [0.15, 0.2) is 11.0 Å². The summed E-state index contributed by atoms with van der Waals surface area (Å²) in [6.45, 7) is 8.20. The molecule has 0 saturated carbocycles. The van der Waals surface area contributed by atoms with Gasteiger partial charge >= 0.3 is 0 Å². The van der Waals surface area contributed by atoms with E-state index in [2.05, 4.69) is 26.9 Å². The average Bonchev–Trinajstić information content (AvgIpc) is 3.32. The van der Waals surface area contributed by atoms with E-state index in [1.807, 2.05) is 86.9 Å². The summed E-state index contributed by atoms with van der Waals surface area (Å²) in [6.07, 6.45) is 0.238. The lowest BCUT2D eigenvalue weighted by Crippen LogP contribution is -2.26. The number of anilines is 1. The van der Waals surface area contributed by atoms with Crippen LogP contribution in [0.2, 0.25) is 0 Å². The third kappa shape index (κ3) is 7.26. The van der Waals surface area contributed by atoms with Crippen molar-refractivity contribution in [2.45, 2.75) is 45.8 Å². The van der Waals surface area contributed by atoms with Gasteiger partial charge in [0.05, 0.1) is 31.5 Å². The molecule has 2 N–H and O–H groups in total. The number of aromatic nitrogens is 3. The van der Waals surface area contributed by atoms with Crippen molar-refractivity contribution in [3.8, 4) is 11.4 Å². The van der Waals surface area contributed by atoms with Crippen molar-refractivity contribution in [3.05, 3.63) is 94.3 Å². The molecule has 4 aromatic rings. The van der Waals surface area contributed by atoms with E-state index in [0.29, 0.717) is 11.0 Å². The number of nitrogens with one attached hydrogen (secondary N) is 2.